The molecule has 3 aromatic carbocycles. The molecule has 206 valence electrons. The molecule has 8 nitrogen and oxygen atoms in total. The van der Waals surface area contributed by atoms with Crippen LogP contribution >= 0.6 is 0 Å². The number of esters is 1. The van der Waals surface area contributed by atoms with E-state index in [9.17, 15) is 24.3 Å². The fraction of sp³-hybridized carbons (Fsp3) is 0.250. The summed E-state index contributed by atoms with van der Waals surface area (Å²) in [4.78, 5) is 48.7. The van der Waals surface area contributed by atoms with Crippen molar-refractivity contribution in [3.05, 3.63) is 102 Å². The molecule has 8 heteroatoms. The van der Waals surface area contributed by atoms with Gasteiger partial charge in [0.2, 0.25) is 0 Å². The second kappa shape index (κ2) is 14.0. The molecule has 0 bridgehead atoms. The van der Waals surface area contributed by atoms with E-state index in [0.717, 1.165) is 19.3 Å². The third kappa shape index (κ3) is 8.47. The van der Waals surface area contributed by atoms with Crippen LogP contribution in [0.2, 0.25) is 0 Å². The van der Waals surface area contributed by atoms with E-state index in [-0.39, 0.29) is 30.0 Å². The van der Waals surface area contributed by atoms with Gasteiger partial charge in [-0.05, 0) is 91.6 Å². The topological polar surface area (TPSA) is 122 Å². The van der Waals surface area contributed by atoms with Crippen LogP contribution in [0.1, 0.15) is 65.7 Å². The first kappa shape index (κ1) is 28.4. The van der Waals surface area contributed by atoms with Crippen LogP contribution < -0.4 is 15.4 Å². The van der Waals surface area contributed by atoms with Crippen LogP contribution in [0.15, 0.2) is 90.5 Å². The van der Waals surface area contributed by atoms with Gasteiger partial charge in [-0.1, -0.05) is 31.0 Å². The number of ether oxygens (including phenoxy) is 1. The molecule has 1 aliphatic rings. The van der Waals surface area contributed by atoms with Gasteiger partial charge < -0.3 is 20.5 Å². The average Bonchev–Trinajstić information content (AvgIpc) is 3.28. The molecule has 0 aliphatic heterocycles. The number of nitrogens with one attached hydrogen (secondary N) is 2. The number of unbranched alkanes of at least 4 members (excludes halogenated alkanes) is 3. The number of aliphatic hydroxyl groups is 1. The Morgan fingerprint density at radius 1 is 0.750 bits per heavy atom. The predicted molar refractivity (Wildman–Crippen MR) is 152 cm³/mol. The summed E-state index contributed by atoms with van der Waals surface area (Å²) < 4.78 is 5.38. The normalized spacial score (nSPS) is 14.4. The minimum Gasteiger partial charge on any atom is -0.427 e. The number of carbonyl (C=O) groups excluding carboxylic acids is 4. The van der Waals surface area contributed by atoms with Crippen molar-refractivity contribution < 1.29 is 29.0 Å². The van der Waals surface area contributed by atoms with Crippen LogP contribution in [0.5, 0.6) is 5.75 Å². The number of aliphatic hydroxyl groups excluding tert-OH is 1. The van der Waals surface area contributed by atoms with Gasteiger partial charge in [-0.2, -0.15) is 0 Å². The molecule has 0 aromatic heterocycles. The highest BCUT2D eigenvalue weighted by Crippen LogP contribution is 2.21. The number of ketones is 1. The quantitative estimate of drug-likeness (QED) is 0.154. The number of anilines is 2. The van der Waals surface area contributed by atoms with Gasteiger partial charge in [-0.3, -0.25) is 19.2 Å². The number of benzene rings is 3. The Balaban J connectivity index is 1.15. The Labute approximate surface area is 233 Å². The summed E-state index contributed by atoms with van der Waals surface area (Å²) in [6.45, 7) is 0. The molecule has 4 rings (SSSR count). The van der Waals surface area contributed by atoms with Gasteiger partial charge >= 0.3 is 5.97 Å². The Kier molecular flexibility index (Phi) is 9.96. The number of amides is 2. The highest BCUT2D eigenvalue weighted by molar-refractivity contribution is 6.06. The van der Waals surface area contributed by atoms with Crippen molar-refractivity contribution in [2.24, 2.45) is 0 Å². The standard InChI is InChI=1S/C32H32N2O6/c35-27-20-24(29(36)21-27)10-4-1-2-7-11-30(37)40-28-18-16-26(17-19-28)34-32(39)23-12-14-25(15-13-23)33-31(38)22-8-5-3-6-9-22/h3,5-6,8-9,12-20,27,35H,1-2,4,7,10-11,21H2,(H,33,38)(H,34,39). The zero-order chi connectivity index (χ0) is 28.3. The number of carbonyl (C=O) groups is 4. The summed E-state index contributed by atoms with van der Waals surface area (Å²) in [6.07, 6.45) is 5.45. The van der Waals surface area contributed by atoms with Crippen molar-refractivity contribution >= 4 is 34.9 Å². The molecule has 0 saturated carbocycles. The van der Waals surface area contributed by atoms with E-state index in [1.807, 2.05) is 6.07 Å². The fourth-order valence-electron chi connectivity index (χ4n) is 4.36. The maximum atomic E-state index is 12.6. The summed E-state index contributed by atoms with van der Waals surface area (Å²) in [5.74, 6) is -0.441. The molecular weight excluding hydrogens is 508 g/mol. The van der Waals surface area contributed by atoms with Gasteiger partial charge in [-0.25, -0.2) is 0 Å². The SMILES string of the molecule is O=C(CCCCCCC1=CC(O)CC1=O)Oc1ccc(NC(=O)c2ccc(NC(=O)c3ccccc3)cc2)cc1. The van der Waals surface area contributed by atoms with E-state index < -0.39 is 6.10 Å². The molecule has 1 aliphatic carbocycles. The van der Waals surface area contributed by atoms with E-state index in [2.05, 4.69) is 10.6 Å². The van der Waals surface area contributed by atoms with Gasteiger partial charge in [0, 0.05) is 35.3 Å². The Morgan fingerprint density at radius 3 is 1.93 bits per heavy atom. The molecule has 0 saturated heterocycles. The van der Waals surface area contributed by atoms with Crippen LogP contribution in [0.25, 0.3) is 0 Å². The second-order valence-corrected chi connectivity index (χ2v) is 9.65. The molecule has 3 aromatic rings. The van der Waals surface area contributed by atoms with Crippen molar-refractivity contribution in [2.45, 2.75) is 51.0 Å². The van der Waals surface area contributed by atoms with Crippen LogP contribution in [0, 0.1) is 0 Å². The third-order valence-electron chi connectivity index (χ3n) is 6.51. The first-order valence-electron chi connectivity index (χ1n) is 13.4. The third-order valence-corrected chi connectivity index (χ3v) is 6.51. The van der Waals surface area contributed by atoms with E-state index in [4.69, 9.17) is 4.74 Å². The molecule has 1 unspecified atom stereocenters. The minimum absolute atomic E-state index is 0.0294. The molecular formula is C32H32N2O6. The summed E-state index contributed by atoms with van der Waals surface area (Å²) in [7, 11) is 0. The van der Waals surface area contributed by atoms with Crippen molar-refractivity contribution in [3.63, 3.8) is 0 Å². The van der Waals surface area contributed by atoms with Crippen molar-refractivity contribution in [1.82, 2.24) is 0 Å². The number of hydrogen-bond donors (Lipinski definition) is 3. The lowest BCUT2D eigenvalue weighted by Crippen LogP contribution is -2.13. The monoisotopic (exact) mass is 540 g/mol. The lowest BCUT2D eigenvalue weighted by Gasteiger charge is -2.09. The Hall–Kier alpha value is -4.56. The molecule has 0 radical (unpaired) electrons. The summed E-state index contributed by atoms with van der Waals surface area (Å²) in [5.41, 5.74) is 2.82. The van der Waals surface area contributed by atoms with Gasteiger partial charge in [0.05, 0.1) is 6.10 Å². The maximum Gasteiger partial charge on any atom is 0.311 e. The second-order valence-electron chi connectivity index (χ2n) is 9.65. The van der Waals surface area contributed by atoms with Crippen LogP contribution in [0.4, 0.5) is 11.4 Å². The smallest absolute Gasteiger partial charge is 0.311 e. The highest BCUT2D eigenvalue weighted by atomic mass is 16.5. The van der Waals surface area contributed by atoms with E-state index in [1.54, 1.807) is 78.9 Å². The summed E-state index contributed by atoms with van der Waals surface area (Å²) in [6, 6.07) is 22.0. The summed E-state index contributed by atoms with van der Waals surface area (Å²) >= 11 is 0. The van der Waals surface area contributed by atoms with Gasteiger partial charge in [0.15, 0.2) is 5.78 Å². The number of Topliss-reactive ketones (excluding diaryl/α,β-unsaturated/α-hetero) is 1. The number of allylic oxidation sites excluding steroid dienone is 1. The van der Waals surface area contributed by atoms with E-state index in [1.165, 1.54) is 0 Å². The molecule has 1 atom stereocenters. The predicted octanol–water partition coefficient (Wildman–Crippen LogP) is 5.70. The zero-order valence-electron chi connectivity index (χ0n) is 22.1. The fourth-order valence-corrected chi connectivity index (χ4v) is 4.36. The van der Waals surface area contributed by atoms with Gasteiger partial charge in [-0.15, -0.1) is 0 Å². The molecule has 2 amide bonds. The van der Waals surface area contributed by atoms with E-state index in [0.29, 0.717) is 53.1 Å². The first-order valence-corrected chi connectivity index (χ1v) is 13.4. The average molecular weight is 541 g/mol. The zero-order valence-corrected chi connectivity index (χ0v) is 22.1. The first-order chi connectivity index (χ1) is 19.4. The number of hydrogen-bond acceptors (Lipinski definition) is 6. The van der Waals surface area contributed by atoms with Crippen LogP contribution in [-0.2, 0) is 9.59 Å². The maximum absolute atomic E-state index is 12.6. The molecule has 0 spiro atoms. The summed E-state index contributed by atoms with van der Waals surface area (Å²) in [5, 5.41) is 15.1. The molecule has 40 heavy (non-hydrogen) atoms. The minimum atomic E-state index is -0.637. The van der Waals surface area contributed by atoms with Gasteiger partial charge in [0.25, 0.3) is 11.8 Å². The van der Waals surface area contributed by atoms with E-state index >= 15 is 0 Å². The van der Waals surface area contributed by atoms with Crippen molar-refractivity contribution in [3.8, 4) is 5.75 Å². The van der Waals surface area contributed by atoms with Crippen molar-refractivity contribution in [1.29, 1.82) is 0 Å². The molecule has 0 fully saturated rings. The molecule has 3 N–H and O–H groups in total. The van der Waals surface area contributed by atoms with Crippen molar-refractivity contribution in [2.75, 3.05) is 10.6 Å². The van der Waals surface area contributed by atoms with Gasteiger partial charge in [0.1, 0.15) is 5.75 Å². The van der Waals surface area contributed by atoms with Crippen LogP contribution in [-0.4, -0.2) is 34.8 Å². The lowest BCUT2D eigenvalue weighted by molar-refractivity contribution is -0.134. The largest absolute Gasteiger partial charge is 0.427 e. The lowest BCUT2D eigenvalue weighted by atomic mass is 10.0. The Morgan fingerprint density at radius 2 is 1.32 bits per heavy atom. The Bertz CT molecular complexity index is 1360. The van der Waals surface area contributed by atoms with Crippen LogP contribution in [0.3, 0.4) is 0 Å². The number of rotatable bonds is 12. The highest BCUT2D eigenvalue weighted by Gasteiger charge is 2.21. The molecule has 0 heterocycles.